The first-order valence-corrected chi connectivity index (χ1v) is 4.32. The normalized spacial score (nSPS) is 44.7. The van der Waals surface area contributed by atoms with Crippen molar-refractivity contribution in [2.24, 2.45) is 5.73 Å². The molecule has 0 atom stereocenters. The fourth-order valence-electron chi connectivity index (χ4n) is 2.49. The quantitative estimate of drug-likeness (QED) is 0.590. The Kier molecular flexibility index (Phi) is 1.46. The summed E-state index contributed by atoms with van der Waals surface area (Å²) in [5, 5.41) is 3.66. The summed E-state index contributed by atoms with van der Waals surface area (Å²) in [5.74, 6) is 0. The second-order valence-corrected chi connectivity index (χ2v) is 3.74. The molecule has 58 valence electrons. The Balaban J connectivity index is 2.01. The monoisotopic (exact) mass is 140 g/mol. The number of hydrogen-bond donors (Lipinski definition) is 2. The highest BCUT2D eigenvalue weighted by atomic mass is 15.1. The SMILES string of the molecule is NCCC12CCC(CC1)N2. The number of rotatable bonds is 2. The maximum absolute atomic E-state index is 5.55. The second-order valence-electron chi connectivity index (χ2n) is 3.74. The molecule has 2 bridgehead atoms. The first-order valence-electron chi connectivity index (χ1n) is 4.32. The molecule has 0 spiro atoms. The van der Waals surface area contributed by atoms with Crippen molar-refractivity contribution in [1.82, 2.24) is 5.32 Å². The van der Waals surface area contributed by atoms with Crippen molar-refractivity contribution in [3.8, 4) is 0 Å². The van der Waals surface area contributed by atoms with Crippen LogP contribution in [0.15, 0.2) is 0 Å². The summed E-state index contributed by atoms with van der Waals surface area (Å²) in [6.07, 6.45) is 6.70. The Morgan fingerprint density at radius 3 is 2.50 bits per heavy atom. The van der Waals surface area contributed by atoms with Gasteiger partial charge in [-0.15, -0.1) is 0 Å². The molecule has 2 heteroatoms. The molecular weight excluding hydrogens is 124 g/mol. The van der Waals surface area contributed by atoms with Crippen LogP contribution in [0.3, 0.4) is 0 Å². The van der Waals surface area contributed by atoms with Crippen molar-refractivity contribution in [2.75, 3.05) is 6.54 Å². The molecule has 0 aromatic heterocycles. The fraction of sp³-hybridized carbons (Fsp3) is 1.00. The van der Waals surface area contributed by atoms with Crippen LogP contribution in [0.5, 0.6) is 0 Å². The van der Waals surface area contributed by atoms with E-state index in [1.165, 1.54) is 32.1 Å². The first kappa shape index (κ1) is 6.62. The van der Waals surface area contributed by atoms with Gasteiger partial charge in [0, 0.05) is 11.6 Å². The molecule has 2 heterocycles. The van der Waals surface area contributed by atoms with Gasteiger partial charge in [0.15, 0.2) is 0 Å². The van der Waals surface area contributed by atoms with Crippen molar-refractivity contribution in [3.63, 3.8) is 0 Å². The van der Waals surface area contributed by atoms with Gasteiger partial charge in [0.05, 0.1) is 0 Å². The average molecular weight is 140 g/mol. The van der Waals surface area contributed by atoms with E-state index in [4.69, 9.17) is 5.73 Å². The molecule has 2 nitrogen and oxygen atoms in total. The number of hydrogen-bond acceptors (Lipinski definition) is 2. The van der Waals surface area contributed by atoms with Crippen molar-refractivity contribution < 1.29 is 0 Å². The van der Waals surface area contributed by atoms with Crippen LogP contribution in [0.1, 0.15) is 32.1 Å². The zero-order valence-corrected chi connectivity index (χ0v) is 6.40. The minimum Gasteiger partial charge on any atom is -0.330 e. The molecule has 2 fully saturated rings. The molecule has 2 saturated heterocycles. The van der Waals surface area contributed by atoms with Gasteiger partial charge >= 0.3 is 0 Å². The summed E-state index contributed by atoms with van der Waals surface area (Å²) in [6.45, 7) is 0.847. The van der Waals surface area contributed by atoms with Crippen molar-refractivity contribution >= 4 is 0 Å². The van der Waals surface area contributed by atoms with Gasteiger partial charge in [0.2, 0.25) is 0 Å². The first-order chi connectivity index (χ1) is 4.85. The predicted octanol–water partition coefficient (Wildman–Crippen LogP) is 0.620. The zero-order valence-electron chi connectivity index (χ0n) is 6.40. The van der Waals surface area contributed by atoms with E-state index >= 15 is 0 Å². The summed E-state index contributed by atoms with van der Waals surface area (Å²) in [5.41, 5.74) is 6.03. The third-order valence-electron chi connectivity index (χ3n) is 3.08. The van der Waals surface area contributed by atoms with Gasteiger partial charge in [-0.05, 0) is 38.6 Å². The van der Waals surface area contributed by atoms with Crippen LogP contribution in [0.4, 0.5) is 0 Å². The molecular formula is C8H16N2. The lowest BCUT2D eigenvalue weighted by Gasteiger charge is -2.24. The molecule has 0 amide bonds. The smallest absolute Gasteiger partial charge is 0.0197 e. The summed E-state index contributed by atoms with van der Waals surface area (Å²) in [4.78, 5) is 0. The average Bonchev–Trinajstić information content (AvgIpc) is 2.46. The van der Waals surface area contributed by atoms with E-state index in [9.17, 15) is 0 Å². The van der Waals surface area contributed by atoms with Gasteiger partial charge in [-0.2, -0.15) is 0 Å². The van der Waals surface area contributed by atoms with Gasteiger partial charge in [0.25, 0.3) is 0 Å². The molecule has 0 aliphatic carbocycles. The zero-order chi connectivity index (χ0) is 7.03. The van der Waals surface area contributed by atoms with E-state index in [0.717, 1.165) is 12.6 Å². The van der Waals surface area contributed by atoms with Crippen LogP contribution >= 0.6 is 0 Å². The van der Waals surface area contributed by atoms with E-state index in [2.05, 4.69) is 5.32 Å². The van der Waals surface area contributed by atoms with Crippen LogP contribution in [0.25, 0.3) is 0 Å². The van der Waals surface area contributed by atoms with E-state index in [1.807, 2.05) is 0 Å². The summed E-state index contributed by atoms with van der Waals surface area (Å²) < 4.78 is 0. The molecule has 3 N–H and O–H groups in total. The van der Waals surface area contributed by atoms with Gasteiger partial charge < -0.3 is 11.1 Å². The van der Waals surface area contributed by atoms with Crippen LogP contribution in [0, 0.1) is 0 Å². The molecule has 2 aliphatic rings. The molecule has 0 aromatic rings. The van der Waals surface area contributed by atoms with E-state index in [0.29, 0.717) is 5.54 Å². The largest absolute Gasteiger partial charge is 0.330 e. The van der Waals surface area contributed by atoms with Crippen LogP contribution < -0.4 is 11.1 Å². The van der Waals surface area contributed by atoms with Crippen molar-refractivity contribution in [3.05, 3.63) is 0 Å². The molecule has 2 aliphatic heterocycles. The Hall–Kier alpha value is -0.0800. The minimum absolute atomic E-state index is 0.486. The van der Waals surface area contributed by atoms with Gasteiger partial charge in [-0.25, -0.2) is 0 Å². The number of fused-ring (bicyclic) bond motifs is 2. The van der Waals surface area contributed by atoms with Crippen LogP contribution in [0.2, 0.25) is 0 Å². The van der Waals surface area contributed by atoms with Crippen LogP contribution in [-0.2, 0) is 0 Å². The Labute approximate surface area is 62.2 Å². The third-order valence-corrected chi connectivity index (χ3v) is 3.08. The van der Waals surface area contributed by atoms with E-state index in [-0.39, 0.29) is 0 Å². The Bertz CT molecular complexity index is 125. The fourth-order valence-corrected chi connectivity index (χ4v) is 2.49. The van der Waals surface area contributed by atoms with E-state index in [1.54, 1.807) is 0 Å². The van der Waals surface area contributed by atoms with Gasteiger partial charge in [-0.3, -0.25) is 0 Å². The highest BCUT2D eigenvalue weighted by Gasteiger charge is 2.43. The highest BCUT2D eigenvalue weighted by Crippen LogP contribution is 2.39. The van der Waals surface area contributed by atoms with Gasteiger partial charge in [0.1, 0.15) is 0 Å². The third kappa shape index (κ3) is 0.867. The van der Waals surface area contributed by atoms with Crippen LogP contribution in [-0.4, -0.2) is 18.1 Å². The maximum Gasteiger partial charge on any atom is 0.0197 e. The maximum atomic E-state index is 5.55. The number of nitrogens with two attached hydrogens (primary N) is 1. The summed E-state index contributed by atoms with van der Waals surface area (Å²) >= 11 is 0. The lowest BCUT2D eigenvalue weighted by molar-refractivity contribution is 0.363. The lowest BCUT2D eigenvalue weighted by Crippen LogP contribution is -2.38. The Morgan fingerprint density at radius 2 is 2.10 bits per heavy atom. The molecule has 10 heavy (non-hydrogen) atoms. The summed E-state index contributed by atoms with van der Waals surface area (Å²) in [6, 6.07) is 0.839. The number of nitrogens with one attached hydrogen (secondary N) is 1. The molecule has 0 unspecified atom stereocenters. The summed E-state index contributed by atoms with van der Waals surface area (Å²) in [7, 11) is 0. The topological polar surface area (TPSA) is 38.0 Å². The molecule has 0 radical (unpaired) electrons. The molecule has 0 saturated carbocycles. The predicted molar refractivity (Wildman–Crippen MR) is 41.8 cm³/mol. The highest BCUT2D eigenvalue weighted by molar-refractivity contribution is 5.04. The van der Waals surface area contributed by atoms with Crippen molar-refractivity contribution in [1.29, 1.82) is 0 Å². The molecule has 2 rings (SSSR count). The minimum atomic E-state index is 0.486. The second kappa shape index (κ2) is 2.21. The van der Waals surface area contributed by atoms with Crippen molar-refractivity contribution in [2.45, 2.75) is 43.7 Å². The lowest BCUT2D eigenvalue weighted by atomic mass is 9.85. The standard InChI is InChI=1S/C8H16N2/c9-6-5-8-3-1-7(10-8)2-4-8/h7,10H,1-6,9H2. The Morgan fingerprint density at radius 1 is 1.40 bits per heavy atom. The van der Waals surface area contributed by atoms with Gasteiger partial charge in [-0.1, -0.05) is 0 Å². The van der Waals surface area contributed by atoms with E-state index < -0.39 is 0 Å². The molecule has 0 aromatic carbocycles.